The number of sulfone groups is 1. The Morgan fingerprint density at radius 3 is 2.28 bits per heavy atom. The van der Waals surface area contributed by atoms with Crippen LogP contribution in [0.2, 0.25) is 0 Å². The topological polar surface area (TPSA) is 66.7 Å². The SMILES string of the molecule is CC(=NO)c1ccc(S(=O)(=O)C2CCCC2)cc1. The van der Waals surface area contributed by atoms with Gasteiger partial charge in [0.15, 0.2) is 9.84 Å². The third kappa shape index (κ3) is 2.41. The summed E-state index contributed by atoms with van der Waals surface area (Å²) in [6.45, 7) is 1.67. The molecule has 0 atom stereocenters. The molecule has 0 unspecified atom stereocenters. The summed E-state index contributed by atoms with van der Waals surface area (Å²) in [7, 11) is -3.19. The fraction of sp³-hybridized carbons (Fsp3) is 0.462. The second-order valence-corrected chi connectivity index (χ2v) is 6.89. The molecule has 1 aliphatic carbocycles. The molecule has 0 radical (unpaired) electrons. The minimum Gasteiger partial charge on any atom is -0.411 e. The van der Waals surface area contributed by atoms with E-state index >= 15 is 0 Å². The Morgan fingerprint density at radius 2 is 1.78 bits per heavy atom. The van der Waals surface area contributed by atoms with E-state index in [1.807, 2.05) is 0 Å². The molecule has 1 aromatic carbocycles. The summed E-state index contributed by atoms with van der Waals surface area (Å²) in [5, 5.41) is 11.5. The summed E-state index contributed by atoms with van der Waals surface area (Å²) >= 11 is 0. The quantitative estimate of drug-likeness (QED) is 0.520. The van der Waals surface area contributed by atoms with Crippen molar-refractivity contribution < 1.29 is 13.6 Å². The molecule has 1 saturated carbocycles. The van der Waals surface area contributed by atoms with E-state index in [2.05, 4.69) is 5.16 Å². The van der Waals surface area contributed by atoms with Crippen molar-refractivity contribution in [1.29, 1.82) is 0 Å². The van der Waals surface area contributed by atoms with Crippen LogP contribution < -0.4 is 0 Å². The fourth-order valence-corrected chi connectivity index (χ4v) is 4.19. The van der Waals surface area contributed by atoms with Crippen molar-refractivity contribution >= 4 is 15.5 Å². The summed E-state index contributed by atoms with van der Waals surface area (Å²) in [6.07, 6.45) is 3.53. The van der Waals surface area contributed by atoms with Crippen molar-refractivity contribution in [3.63, 3.8) is 0 Å². The average molecular weight is 267 g/mol. The van der Waals surface area contributed by atoms with E-state index in [1.54, 1.807) is 31.2 Å². The highest BCUT2D eigenvalue weighted by Crippen LogP contribution is 2.29. The minimum absolute atomic E-state index is 0.226. The van der Waals surface area contributed by atoms with Crippen LogP contribution in [0.15, 0.2) is 34.3 Å². The summed E-state index contributed by atoms with van der Waals surface area (Å²) in [4.78, 5) is 0.365. The second kappa shape index (κ2) is 5.10. The zero-order valence-electron chi connectivity index (χ0n) is 10.3. The van der Waals surface area contributed by atoms with Crippen molar-refractivity contribution in [2.24, 2.45) is 5.16 Å². The van der Waals surface area contributed by atoms with Gasteiger partial charge in [0, 0.05) is 0 Å². The fourth-order valence-electron chi connectivity index (χ4n) is 2.33. The van der Waals surface area contributed by atoms with Crippen LogP contribution in [0, 0.1) is 0 Å². The molecule has 0 spiro atoms. The molecule has 4 nitrogen and oxygen atoms in total. The van der Waals surface area contributed by atoms with Crippen LogP contribution >= 0.6 is 0 Å². The van der Waals surface area contributed by atoms with Crippen LogP contribution in [0.3, 0.4) is 0 Å². The molecule has 0 heterocycles. The van der Waals surface area contributed by atoms with Crippen molar-refractivity contribution in [2.45, 2.75) is 42.8 Å². The lowest BCUT2D eigenvalue weighted by atomic mass is 10.1. The summed E-state index contributed by atoms with van der Waals surface area (Å²) in [5.74, 6) is 0. The maximum Gasteiger partial charge on any atom is 0.181 e. The van der Waals surface area contributed by atoms with Gasteiger partial charge in [0.05, 0.1) is 15.9 Å². The third-order valence-electron chi connectivity index (χ3n) is 3.49. The number of nitrogens with zero attached hydrogens (tertiary/aromatic N) is 1. The Hall–Kier alpha value is -1.36. The van der Waals surface area contributed by atoms with Gasteiger partial charge in [-0.25, -0.2) is 8.42 Å². The van der Waals surface area contributed by atoms with Gasteiger partial charge in [-0.05, 0) is 37.5 Å². The maximum atomic E-state index is 12.3. The average Bonchev–Trinajstić information content (AvgIpc) is 2.92. The molecule has 1 aromatic rings. The van der Waals surface area contributed by atoms with Crippen LogP contribution in [0.4, 0.5) is 0 Å². The van der Waals surface area contributed by atoms with Gasteiger partial charge in [0.25, 0.3) is 0 Å². The van der Waals surface area contributed by atoms with Crippen LogP contribution in [-0.2, 0) is 9.84 Å². The highest BCUT2D eigenvalue weighted by atomic mass is 32.2. The number of rotatable bonds is 3. The van der Waals surface area contributed by atoms with E-state index in [4.69, 9.17) is 5.21 Å². The first kappa shape index (κ1) is 13.1. The van der Waals surface area contributed by atoms with E-state index < -0.39 is 9.84 Å². The molecule has 1 aliphatic rings. The predicted octanol–water partition coefficient (Wildman–Crippen LogP) is 2.60. The number of benzene rings is 1. The van der Waals surface area contributed by atoms with Crippen molar-refractivity contribution in [2.75, 3.05) is 0 Å². The van der Waals surface area contributed by atoms with Gasteiger partial charge < -0.3 is 5.21 Å². The van der Waals surface area contributed by atoms with E-state index in [9.17, 15) is 8.42 Å². The zero-order valence-corrected chi connectivity index (χ0v) is 11.2. The van der Waals surface area contributed by atoms with Gasteiger partial charge in [0.2, 0.25) is 0 Å². The molecule has 5 heteroatoms. The normalized spacial score (nSPS) is 18.2. The lowest BCUT2D eigenvalue weighted by molar-refractivity contribution is 0.319. The third-order valence-corrected chi connectivity index (χ3v) is 5.77. The van der Waals surface area contributed by atoms with Crippen LogP contribution in [0.25, 0.3) is 0 Å². The molecule has 0 aromatic heterocycles. The smallest absolute Gasteiger partial charge is 0.181 e. The first-order valence-electron chi connectivity index (χ1n) is 6.08. The second-order valence-electron chi connectivity index (χ2n) is 4.66. The lowest BCUT2D eigenvalue weighted by Gasteiger charge is -2.11. The zero-order chi connectivity index (χ0) is 13.2. The molecule has 1 fully saturated rings. The number of hydrogen-bond donors (Lipinski definition) is 1. The molecular weight excluding hydrogens is 250 g/mol. The first-order valence-corrected chi connectivity index (χ1v) is 7.63. The van der Waals surface area contributed by atoms with Crippen LogP contribution in [0.1, 0.15) is 38.2 Å². The Kier molecular flexibility index (Phi) is 3.71. The Bertz CT molecular complexity index is 540. The van der Waals surface area contributed by atoms with Gasteiger partial charge in [-0.2, -0.15) is 0 Å². The largest absolute Gasteiger partial charge is 0.411 e. The monoisotopic (exact) mass is 267 g/mol. The molecule has 18 heavy (non-hydrogen) atoms. The van der Waals surface area contributed by atoms with Crippen molar-refractivity contribution in [3.8, 4) is 0 Å². The number of hydrogen-bond acceptors (Lipinski definition) is 4. The first-order chi connectivity index (χ1) is 8.55. The van der Waals surface area contributed by atoms with Gasteiger partial charge in [-0.1, -0.05) is 30.1 Å². The van der Waals surface area contributed by atoms with Gasteiger partial charge in [-0.3, -0.25) is 0 Å². The standard InChI is InChI=1S/C13H17NO3S/c1-10(14-15)11-6-8-13(9-7-11)18(16,17)12-4-2-3-5-12/h6-9,12,15H,2-5H2,1H3. The van der Waals surface area contributed by atoms with Crippen LogP contribution in [-0.4, -0.2) is 24.6 Å². The predicted molar refractivity (Wildman–Crippen MR) is 69.9 cm³/mol. The van der Waals surface area contributed by atoms with E-state index in [1.165, 1.54) is 0 Å². The lowest BCUT2D eigenvalue weighted by Crippen LogP contribution is -2.17. The summed E-state index contributed by atoms with van der Waals surface area (Å²) < 4.78 is 24.6. The molecule has 2 rings (SSSR count). The molecule has 0 saturated heterocycles. The maximum absolute atomic E-state index is 12.3. The minimum atomic E-state index is -3.19. The molecule has 98 valence electrons. The van der Waals surface area contributed by atoms with Crippen molar-refractivity contribution in [1.82, 2.24) is 0 Å². The Labute approximate surface area is 107 Å². The highest BCUT2D eigenvalue weighted by Gasteiger charge is 2.30. The number of oxime groups is 1. The Morgan fingerprint density at radius 1 is 1.22 bits per heavy atom. The van der Waals surface area contributed by atoms with Gasteiger partial charge in [-0.15, -0.1) is 0 Å². The Balaban J connectivity index is 2.29. The van der Waals surface area contributed by atoms with Gasteiger partial charge >= 0.3 is 0 Å². The van der Waals surface area contributed by atoms with E-state index in [0.717, 1.165) is 31.2 Å². The summed E-state index contributed by atoms with van der Waals surface area (Å²) in [6, 6.07) is 6.54. The summed E-state index contributed by atoms with van der Waals surface area (Å²) in [5.41, 5.74) is 1.20. The molecular formula is C13H17NO3S. The van der Waals surface area contributed by atoms with Crippen LogP contribution in [0.5, 0.6) is 0 Å². The van der Waals surface area contributed by atoms with E-state index in [0.29, 0.717) is 10.6 Å². The van der Waals surface area contributed by atoms with Crippen molar-refractivity contribution in [3.05, 3.63) is 29.8 Å². The van der Waals surface area contributed by atoms with E-state index in [-0.39, 0.29) is 5.25 Å². The molecule has 1 N–H and O–H groups in total. The highest BCUT2D eigenvalue weighted by molar-refractivity contribution is 7.92. The van der Waals surface area contributed by atoms with Gasteiger partial charge in [0.1, 0.15) is 0 Å². The molecule has 0 amide bonds. The molecule has 0 aliphatic heterocycles. The molecule has 0 bridgehead atoms.